The molecule has 2 heterocycles. The van der Waals surface area contributed by atoms with Crippen LogP contribution in [0, 0.1) is 0 Å². The van der Waals surface area contributed by atoms with Gasteiger partial charge in [-0.15, -0.1) is 0 Å². The van der Waals surface area contributed by atoms with E-state index in [2.05, 4.69) is 222 Å². The first-order valence-electron chi connectivity index (χ1n) is 18.1. The molecule has 252 valence electrons. The zero-order valence-corrected chi connectivity index (χ0v) is 30.7. The van der Waals surface area contributed by atoms with Crippen LogP contribution >= 0.6 is 6.04 Å². The van der Waals surface area contributed by atoms with Crippen LogP contribution in [0.1, 0.15) is 22.3 Å². The van der Waals surface area contributed by atoms with E-state index in [4.69, 9.17) is 11.8 Å². The molecule has 0 aliphatic carbocycles. The summed E-state index contributed by atoms with van der Waals surface area (Å²) in [5.41, 5.74) is 11.2. The van der Waals surface area contributed by atoms with Gasteiger partial charge in [-0.3, -0.25) is 0 Å². The first-order chi connectivity index (χ1) is 26.2. The smallest absolute Gasteiger partial charge is 0.0742 e. The molecule has 10 rings (SSSR count). The first-order valence-corrected chi connectivity index (χ1v) is 20.9. The third kappa shape index (κ3) is 4.68. The van der Waals surface area contributed by atoms with Crippen molar-refractivity contribution in [3.63, 3.8) is 0 Å². The van der Waals surface area contributed by atoms with Gasteiger partial charge in [-0.05, 0) is 76.1 Å². The van der Waals surface area contributed by atoms with Gasteiger partial charge in [-0.2, -0.15) is 0 Å². The quantitative estimate of drug-likeness (QED) is 0.164. The molecule has 0 N–H and O–H groups in total. The van der Waals surface area contributed by atoms with Gasteiger partial charge in [0.1, 0.15) is 0 Å². The normalized spacial score (nSPS) is 16.5. The van der Waals surface area contributed by atoms with Crippen LogP contribution in [0.25, 0.3) is 0 Å². The summed E-state index contributed by atoms with van der Waals surface area (Å²) in [5.74, 6) is 0. The second kappa shape index (κ2) is 12.6. The van der Waals surface area contributed by atoms with E-state index in [1.807, 2.05) is 0 Å². The summed E-state index contributed by atoms with van der Waals surface area (Å²) >= 11 is 6.97. The predicted molar refractivity (Wildman–Crippen MR) is 227 cm³/mol. The Hall–Kier alpha value is -5.99. The number of hydrogen-bond acceptors (Lipinski definition) is 3. The van der Waals surface area contributed by atoms with Gasteiger partial charge in [0, 0.05) is 28.0 Å². The molecule has 1 unspecified atom stereocenters. The van der Waals surface area contributed by atoms with Crippen LogP contribution in [0.4, 0.5) is 34.1 Å². The summed E-state index contributed by atoms with van der Waals surface area (Å²) in [6.07, 6.45) is 0. The molecule has 0 fully saturated rings. The molecule has 2 aliphatic heterocycles. The molecule has 1 atom stereocenters. The molecule has 8 aromatic carbocycles. The molecule has 0 bridgehead atoms. The molecule has 53 heavy (non-hydrogen) atoms. The third-order valence-electron chi connectivity index (χ3n) is 10.9. The van der Waals surface area contributed by atoms with E-state index < -0.39 is 11.5 Å². The molecular weight excluding hydrogens is 680 g/mol. The highest BCUT2D eigenvalue weighted by Gasteiger charge is 2.46. The Balaban J connectivity index is 1.27. The minimum atomic E-state index is -2.42. The number of hydrogen-bond donors (Lipinski definition) is 0. The van der Waals surface area contributed by atoms with Gasteiger partial charge in [0.25, 0.3) is 0 Å². The fourth-order valence-electron chi connectivity index (χ4n) is 8.74. The number of nitrogens with zero attached hydrogens (tertiary/aromatic N) is 2. The molecule has 2 aliphatic rings. The van der Waals surface area contributed by atoms with Crippen molar-refractivity contribution < 1.29 is 0 Å². The van der Waals surface area contributed by atoms with Crippen LogP contribution in [0.15, 0.2) is 212 Å². The topological polar surface area (TPSA) is 6.48 Å². The fourth-order valence-corrected chi connectivity index (χ4v) is 13.0. The lowest BCUT2D eigenvalue weighted by Gasteiger charge is -2.47. The number of anilines is 6. The second-order valence-corrected chi connectivity index (χ2v) is 18.0. The van der Waals surface area contributed by atoms with Crippen molar-refractivity contribution in [3.05, 3.63) is 235 Å². The average Bonchev–Trinajstić information content (AvgIpc) is 3.24. The average molecular weight is 715 g/mol. The van der Waals surface area contributed by atoms with E-state index in [0.717, 1.165) is 34.1 Å². The van der Waals surface area contributed by atoms with E-state index in [1.54, 1.807) is 0 Å². The van der Waals surface area contributed by atoms with E-state index in [0.29, 0.717) is 0 Å². The van der Waals surface area contributed by atoms with Gasteiger partial charge >= 0.3 is 0 Å². The number of para-hydroxylation sites is 4. The predicted octanol–water partition coefficient (Wildman–Crippen LogP) is 11.4. The van der Waals surface area contributed by atoms with Crippen LogP contribution in [-0.2, 0) is 17.2 Å². The maximum Gasteiger partial charge on any atom is 0.0742 e. The largest absolute Gasteiger partial charge is 0.310 e. The maximum absolute atomic E-state index is 6.97. The van der Waals surface area contributed by atoms with Crippen molar-refractivity contribution in [2.75, 3.05) is 9.80 Å². The van der Waals surface area contributed by atoms with Gasteiger partial charge in [-0.1, -0.05) is 176 Å². The summed E-state index contributed by atoms with van der Waals surface area (Å²) < 4.78 is 0. The molecule has 4 heteroatoms. The van der Waals surface area contributed by atoms with Gasteiger partial charge < -0.3 is 9.80 Å². The zero-order chi connectivity index (χ0) is 35.4. The van der Waals surface area contributed by atoms with Gasteiger partial charge in [0.05, 0.1) is 28.2 Å². The molecule has 0 aromatic heterocycles. The molecule has 0 saturated carbocycles. The van der Waals surface area contributed by atoms with Gasteiger partial charge in [0.2, 0.25) is 0 Å². The lowest BCUT2D eigenvalue weighted by Crippen LogP contribution is -2.38. The van der Waals surface area contributed by atoms with Crippen molar-refractivity contribution in [2.45, 2.75) is 5.41 Å². The van der Waals surface area contributed by atoms with Crippen molar-refractivity contribution >= 4 is 67.9 Å². The van der Waals surface area contributed by atoms with Gasteiger partial charge in [0.15, 0.2) is 0 Å². The zero-order valence-electron chi connectivity index (χ0n) is 29.0. The molecular formula is C49H35N2PS. The van der Waals surface area contributed by atoms with Crippen molar-refractivity contribution in [1.82, 2.24) is 0 Å². The molecule has 2 nitrogen and oxygen atoms in total. The Morgan fingerprint density at radius 1 is 0.358 bits per heavy atom. The Bertz CT molecular complexity index is 2570. The summed E-state index contributed by atoms with van der Waals surface area (Å²) in [4.78, 5) is 4.88. The molecule has 0 saturated heterocycles. The van der Waals surface area contributed by atoms with Crippen LogP contribution < -0.4 is 25.7 Å². The molecule has 0 spiro atoms. The van der Waals surface area contributed by atoms with E-state index in [9.17, 15) is 0 Å². The SMILES string of the molecule is S=P1(c2ccccc2)c2ccccc2N(c2ccccc2)c2cc(N3c4ccccc4C(c4ccccc4)(c4ccccc4)c4ccccc43)ccc21. The Kier molecular flexibility index (Phi) is 7.54. The summed E-state index contributed by atoms with van der Waals surface area (Å²) in [6, 6.07) is 74.7. The standard InChI is InChI=1S/C49H35N2PS/c53-52(40-25-11-4-12-26-40)47-32-18-17-31-45(47)50(38-23-9-3-10-24-38)46-35-39(33-34-48(46)52)51-43-29-15-13-27-41(43)49(36-19-5-1-6-20-36,37-21-7-2-8-22-37)42-28-14-16-30-44(42)51/h1-35H. The third-order valence-corrected chi connectivity index (χ3v) is 15.9. The Labute approximate surface area is 316 Å². The monoisotopic (exact) mass is 714 g/mol. The molecule has 0 amide bonds. The summed E-state index contributed by atoms with van der Waals surface area (Å²) in [6.45, 7) is 0. The van der Waals surface area contributed by atoms with Crippen LogP contribution in [0.2, 0.25) is 0 Å². The Morgan fingerprint density at radius 3 is 1.38 bits per heavy atom. The number of benzene rings is 8. The first kappa shape index (κ1) is 31.7. The molecule has 8 aromatic rings. The lowest BCUT2D eigenvalue weighted by atomic mass is 9.62. The van der Waals surface area contributed by atoms with Crippen LogP contribution in [0.3, 0.4) is 0 Å². The van der Waals surface area contributed by atoms with E-state index in [1.165, 1.54) is 38.2 Å². The summed E-state index contributed by atoms with van der Waals surface area (Å²) in [7, 11) is 0. The second-order valence-electron chi connectivity index (χ2n) is 13.6. The van der Waals surface area contributed by atoms with Crippen molar-refractivity contribution in [2.24, 2.45) is 0 Å². The highest BCUT2D eigenvalue weighted by Crippen LogP contribution is 2.59. The minimum Gasteiger partial charge on any atom is -0.310 e. The maximum atomic E-state index is 6.97. The molecule has 0 radical (unpaired) electrons. The van der Waals surface area contributed by atoms with Gasteiger partial charge in [-0.25, -0.2) is 0 Å². The Morgan fingerprint density at radius 2 is 0.792 bits per heavy atom. The van der Waals surface area contributed by atoms with E-state index >= 15 is 0 Å². The van der Waals surface area contributed by atoms with Crippen molar-refractivity contribution in [3.8, 4) is 0 Å². The van der Waals surface area contributed by atoms with Crippen LogP contribution in [0.5, 0.6) is 0 Å². The van der Waals surface area contributed by atoms with Crippen molar-refractivity contribution in [1.29, 1.82) is 0 Å². The lowest BCUT2D eigenvalue weighted by molar-refractivity contribution is 0.731. The number of fused-ring (bicyclic) bond motifs is 4. The van der Waals surface area contributed by atoms with Crippen LogP contribution in [-0.4, -0.2) is 0 Å². The fraction of sp³-hybridized carbons (Fsp3) is 0.0204. The number of rotatable bonds is 5. The highest BCUT2D eigenvalue weighted by molar-refractivity contribution is 8.25. The minimum absolute atomic E-state index is 0.524. The van der Waals surface area contributed by atoms with E-state index in [-0.39, 0.29) is 0 Å². The highest BCUT2D eigenvalue weighted by atomic mass is 32.4. The summed E-state index contributed by atoms with van der Waals surface area (Å²) in [5, 5.41) is 3.62.